The fourth-order valence-corrected chi connectivity index (χ4v) is 2.11. The van der Waals surface area contributed by atoms with Gasteiger partial charge in [0.25, 0.3) is 0 Å². The van der Waals surface area contributed by atoms with Gasteiger partial charge < -0.3 is 4.52 Å². The molecule has 0 N–H and O–H groups in total. The van der Waals surface area contributed by atoms with Crippen molar-refractivity contribution >= 4 is 0 Å². The lowest BCUT2D eigenvalue weighted by atomic mass is 10.2. The van der Waals surface area contributed by atoms with Crippen LogP contribution in [0.15, 0.2) is 59.4 Å². The van der Waals surface area contributed by atoms with Gasteiger partial charge in [-0.25, -0.2) is 0 Å². The molecule has 0 amide bonds. The van der Waals surface area contributed by atoms with Gasteiger partial charge in [-0.15, -0.1) is 0 Å². The zero-order chi connectivity index (χ0) is 14.5. The smallest absolute Gasteiger partial charge is 0.241 e. The Hall–Kier alpha value is -2.53. The molecule has 21 heavy (non-hydrogen) atoms. The Labute approximate surface area is 123 Å². The van der Waals surface area contributed by atoms with E-state index in [0.717, 1.165) is 12.1 Å². The average Bonchev–Trinajstić information content (AvgIpc) is 2.97. The first-order chi connectivity index (χ1) is 10.3. The molecule has 0 saturated heterocycles. The van der Waals surface area contributed by atoms with Gasteiger partial charge in [0, 0.05) is 24.5 Å². The number of rotatable bonds is 5. The maximum atomic E-state index is 5.30. The fourth-order valence-electron chi connectivity index (χ4n) is 2.11. The van der Waals surface area contributed by atoms with Crippen LogP contribution in [-0.4, -0.2) is 27.1 Å². The Balaban J connectivity index is 1.65. The molecule has 1 aromatic carbocycles. The van der Waals surface area contributed by atoms with E-state index < -0.39 is 0 Å². The molecule has 0 bridgehead atoms. The lowest BCUT2D eigenvalue weighted by Crippen LogP contribution is -2.17. The van der Waals surface area contributed by atoms with E-state index in [9.17, 15) is 0 Å². The third-order valence-electron chi connectivity index (χ3n) is 3.09. The topological polar surface area (TPSA) is 55.1 Å². The van der Waals surface area contributed by atoms with Crippen molar-refractivity contribution in [1.82, 2.24) is 20.0 Å². The van der Waals surface area contributed by atoms with E-state index in [0.29, 0.717) is 18.3 Å². The summed E-state index contributed by atoms with van der Waals surface area (Å²) in [7, 11) is 2.03. The number of benzene rings is 1. The molecule has 0 aliphatic carbocycles. The summed E-state index contributed by atoms with van der Waals surface area (Å²) in [6.45, 7) is 1.45. The minimum Gasteiger partial charge on any atom is -0.338 e. The second kappa shape index (κ2) is 6.28. The zero-order valence-corrected chi connectivity index (χ0v) is 11.8. The lowest BCUT2D eigenvalue weighted by molar-refractivity contribution is 0.261. The highest BCUT2D eigenvalue weighted by molar-refractivity contribution is 5.51. The second-order valence-electron chi connectivity index (χ2n) is 4.91. The summed E-state index contributed by atoms with van der Waals surface area (Å²) in [6.07, 6.45) is 3.44. The van der Waals surface area contributed by atoms with Crippen LogP contribution in [0.25, 0.3) is 11.4 Å². The van der Waals surface area contributed by atoms with Crippen molar-refractivity contribution in [2.75, 3.05) is 7.05 Å². The molecule has 3 rings (SSSR count). The maximum Gasteiger partial charge on any atom is 0.241 e. The Morgan fingerprint density at radius 2 is 1.90 bits per heavy atom. The summed E-state index contributed by atoms with van der Waals surface area (Å²) in [5.74, 6) is 1.18. The first-order valence-electron chi connectivity index (χ1n) is 6.77. The van der Waals surface area contributed by atoms with Crippen molar-refractivity contribution in [3.63, 3.8) is 0 Å². The number of hydrogen-bond donors (Lipinski definition) is 0. The van der Waals surface area contributed by atoms with E-state index in [-0.39, 0.29) is 0 Å². The molecule has 2 heterocycles. The van der Waals surface area contributed by atoms with Crippen LogP contribution in [0, 0.1) is 0 Å². The van der Waals surface area contributed by atoms with Crippen LogP contribution in [-0.2, 0) is 13.1 Å². The van der Waals surface area contributed by atoms with Gasteiger partial charge >= 0.3 is 0 Å². The summed E-state index contributed by atoms with van der Waals surface area (Å²) in [5, 5.41) is 3.99. The van der Waals surface area contributed by atoms with Gasteiger partial charge in [0.2, 0.25) is 11.7 Å². The van der Waals surface area contributed by atoms with Crippen molar-refractivity contribution in [3.05, 3.63) is 66.3 Å². The quantitative estimate of drug-likeness (QED) is 0.719. The molecule has 0 aliphatic rings. The second-order valence-corrected chi connectivity index (χ2v) is 4.91. The molecule has 5 heteroatoms. The third-order valence-corrected chi connectivity index (χ3v) is 3.09. The molecule has 0 radical (unpaired) electrons. The molecule has 3 aromatic rings. The van der Waals surface area contributed by atoms with Crippen molar-refractivity contribution in [1.29, 1.82) is 0 Å². The van der Waals surface area contributed by atoms with Crippen LogP contribution in [0.1, 0.15) is 11.5 Å². The summed E-state index contributed by atoms with van der Waals surface area (Å²) in [6, 6.07) is 14.1. The van der Waals surface area contributed by atoms with Crippen molar-refractivity contribution in [2.45, 2.75) is 13.1 Å². The van der Waals surface area contributed by atoms with E-state index in [1.54, 1.807) is 12.4 Å². The molecule has 0 aliphatic heterocycles. The molecule has 0 saturated carbocycles. The monoisotopic (exact) mass is 280 g/mol. The lowest BCUT2D eigenvalue weighted by Gasteiger charge is -2.13. The van der Waals surface area contributed by atoms with Gasteiger partial charge in [-0.3, -0.25) is 9.88 Å². The first kappa shape index (κ1) is 13.5. The molecule has 0 fully saturated rings. The van der Waals surface area contributed by atoms with Gasteiger partial charge in [-0.1, -0.05) is 35.5 Å². The van der Waals surface area contributed by atoms with Crippen LogP contribution < -0.4 is 0 Å². The summed E-state index contributed by atoms with van der Waals surface area (Å²) >= 11 is 0. The number of aromatic nitrogens is 3. The highest BCUT2D eigenvalue weighted by Gasteiger charge is 2.10. The van der Waals surface area contributed by atoms with Crippen molar-refractivity contribution in [2.24, 2.45) is 0 Å². The Kier molecular flexibility index (Phi) is 4.02. The predicted octanol–water partition coefficient (Wildman–Crippen LogP) is 2.76. The summed E-state index contributed by atoms with van der Waals surface area (Å²) < 4.78 is 5.30. The fraction of sp³-hybridized carbons (Fsp3) is 0.188. The maximum absolute atomic E-state index is 5.30. The van der Waals surface area contributed by atoms with Crippen LogP contribution in [0.4, 0.5) is 0 Å². The Morgan fingerprint density at radius 1 is 1.05 bits per heavy atom. The average molecular weight is 280 g/mol. The molecule has 106 valence electrons. The Morgan fingerprint density at radius 3 is 2.67 bits per heavy atom. The minimum absolute atomic E-state index is 0.575. The molecule has 0 unspecified atom stereocenters. The van der Waals surface area contributed by atoms with Gasteiger partial charge in [0.05, 0.1) is 6.54 Å². The highest BCUT2D eigenvalue weighted by atomic mass is 16.5. The molecular formula is C16H16N4O. The van der Waals surface area contributed by atoms with Gasteiger partial charge in [0.15, 0.2) is 0 Å². The van der Waals surface area contributed by atoms with Crippen molar-refractivity contribution in [3.8, 4) is 11.4 Å². The van der Waals surface area contributed by atoms with E-state index in [4.69, 9.17) is 4.52 Å². The number of hydrogen-bond acceptors (Lipinski definition) is 5. The normalized spacial score (nSPS) is 11.0. The molecule has 5 nitrogen and oxygen atoms in total. The Bertz CT molecular complexity index is 682. The molecule has 2 aromatic heterocycles. The van der Waals surface area contributed by atoms with Crippen molar-refractivity contribution < 1.29 is 4.52 Å². The van der Waals surface area contributed by atoms with Crippen LogP contribution in [0.5, 0.6) is 0 Å². The highest BCUT2D eigenvalue weighted by Crippen LogP contribution is 2.14. The van der Waals surface area contributed by atoms with Crippen LogP contribution >= 0.6 is 0 Å². The number of nitrogens with zero attached hydrogens (tertiary/aromatic N) is 4. The third kappa shape index (κ3) is 3.52. The van der Waals surface area contributed by atoms with E-state index in [2.05, 4.69) is 32.2 Å². The first-order valence-corrected chi connectivity index (χ1v) is 6.77. The van der Waals surface area contributed by atoms with Crippen LogP contribution in [0.2, 0.25) is 0 Å². The van der Waals surface area contributed by atoms with E-state index in [1.807, 2.05) is 37.4 Å². The van der Waals surface area contributed by atoms with Gasteiger partial charge in [-0.2, -0.15) is 4.98 Å². The van der Waals surface area contributed by atoms with Crippen LogP contribution in [0.3, 0.4) is 0 Å². The molecule has 0 spiro atoms. The SMILES string of the molecule is CN(Cc1ccccc1)Cc1nc(-c2cccnc2)no1. The molecular weight excluding hydrogens is 264 g/mol. The zero-order valence-electron chi connectivity index (χ0n) is 11.8. The number of pyridine rings is 1. The van der Waals surface area contributed by atoms with Gasteiger partial charge in [-0.05, 0) is 24.7 Å². The minimum atomic E-state index is 0.575. The summed E-state index contributed by atoms with van der Waals surface area (Å²) in [4.78, 5) is 10.6. The molecule has 0 atom stereocenters. The predicted molar refractivity (Wildman–Crippen MR) is 79.1 cm³/mol. The van der Waals surface area contributed by atoms with E-state index >= 15 is 0 Å². The summed E-state index contributed by atoms with van der Waals surface area (Å²) in [5.41, 5.74) is 2.12. The largest absolute Gasteiger partial charge is 0.338 e. The van der Waals surface area contributed by atoms with E-state index in [1.165, 1.54) is 5.56 Å². The standard InChI is InChI=1S/C16H16N4O/c1-20(11-13-6-3-2-4-7-13)12-15-18-16(19-21-15)14-8-5-9-17-10-14/h2-10H,11-12H2,1H3. The van der Waals surface area contributed by atoms with Gasteiger partial charge in [0.1, 0.15) is 0 Å².